The first-order valence-electron chi connectivity index (χ1n) is 6.36. The predicted molar refractivity (Wildman–Crippen MR) is 78.2 cm³/mol. The zero-order valence-corrected chi connectivity index (χ0v) is 12.9. The Bertz CT molecular complexity index is 380. The van der Waals surface area contributed by atoms with Gasteiger partial charge in [-0.25, -0.2) is 0 Å². The van der Waals surface area contributed by atoms with Crippen LogP contribution in [0.3, 0.4) is 0 Å². The van der Waals surface area contributed by atoms with Crippen LogP contribution in [0.15, 0.2) is 16.6 Å². The van der Waals surface area contributed by atoms with Crippen molar-refractivity contribution in [3.05, 3.63) is 22.2 Å². The molecule has 0 amide bonds. The lowest BCUT2D eigenvalue weighted by Gasteiger charge is -2.15. The second kappa shape index (κ2) is 7.64. The van der Waals surface area contributed by atoms with Crippen LogP contribution >= 0.6 is 15.9 Å². The van der Waals surface area contributed by atoms with Crippen molar-refractivity contribution in [1.29, 1.82) is 0 Å². The van der Waals surface area contributed by atoms with E-state index in [-0.39, 0.29) is 0 Å². The number of halogens is 1. The van der Waals surface area contributed by atoms with E-state index in [4.69, 9.17) is 15.2 Å². The quantitative estimate of drug-likeness (QED) is 0.833. The van der Waals surface area contributed by atoms with E-state index in [0.29, 0.717) is 25.7 Å². The van der Waals surface area contributed by atoms with Gasteiger partial charge in [0.15, 0.2) is 11.5 Å². The van der Waals surface area contributed by atoms with E-state index in [9.17, 15) is 0 Å². The van der Waals surface area contributed by atoms with Crippen LogP contribution in [-0.2, 0) is 6.54 Å². The minimum absolute atomic E-state index is 0.491. The molecule has 0 aliphatic heterocycles. The summed E-state index contributed by atoms with van der Waals surface area (Å²) in [7, 11) is 0. The van der Waals surface area contributed by atoms with Crippen molar-refractivity contribution in [3.63, 3.8) is 0 Å². The van der Waals surface area contributed by atoms with Crippen LogP contribution in [0, 0.1) is 5.92 Å². The minimum atomic E-state index is 0.491. The first kappa shape index (κ1) is 15.3. The highest BCUT2D eigenvalue weighted by Gasteiger charge is 2.12. The minimum Gasteiger partial charge on any atom is -0.490 e. The van der Waals surface area contributed by atoms with Gasteiger partial charge < -0.3 is 15.2 Å². The summed E-state index contributed by atoms with van der Waals surface area (Å²) in [5.74, 6) is 2.16. The largest absolute Gasteiger partial charge is 0.490 e. The molecule has 102 valence electrons. The summed E-state index contributed by atoms with van der Waals surface area (Å²) >= 11 is 3.52. The summed E-state index contributed by atoms with van der Waals surface area (Å²) in [4.78, 5) is 0. The van der Waals surface area contributed by atoms with Crippen molar-refractivity contribution >= 4 is 15.9 Å². The van der Waals surface area contributed by atoms with Gasteiger partial charge in [-0.05, 0) is 52.9 Å². The SMILES string of the molecule is CCOc1cc(CN)cc(Br)c1OCCC(C)C. The van der Waals surface area contributed by atoms with Crippen molar-refractivity contribution in [1.82, 2.24) is 0 Å². The van der Waals surface area contributed by atoms with E-state index in [1.807, 2.05) is 19.1 Å². The molecule has 0 aliphatic carbocycles. The van der Waals surface area contributed by atoms with Crippen molar-refractivity contribution in [2.24, 2.45) is 11.7 Å². The second-order valence-electron chi connectivity index (χ2n) is 4.57. The van der Waals surface area contributed by atoms with Gasteiger partial charge in [-0.15, -0.1) is 0 Å². The van der Waals surface area contributed by atoms with E-state index in [0.717, 1.165) is 28.0 Å². The third-order valence-electron chi connectivity index (χ3n) is 2.55. The van der Waals surface area contributed by atoms with Crippen LogP contribution < -0.4 is 15.2 Å². The van der Waals surface area contributed by atoms with E-state index in [1.54, 1.807) is 0 Å². The molecule has 2 N–H and O–H groups in total. The topological polar surface area (TPSA) is 44.5 Å². The molecule has 0 saturated heterocycles. The van der Waals surface area contributed by atoms with Gasteiger partial charge >= 0.3 is 0 Å². The van der Waals surface area contributed by atoms with Gasteiger partial charge in [0.2, 0.25) is 0 Å². The van der Waals surface area contributed by atoms with E-state index < -0.39 is 0 Å². The summed E-state index contributed by atoms with van der Waals surface area (Å²) in [6, 6.07) is 3.92. The molecule has 0 saturated carbocycles. The molecule has 1 rings (SSSR count). The molecule has 0 spiro atoms. The van der Waals surface area contributed by atoms with Crippen LogP contribution in [0.1, 0.15) is 32.8 Å². The number of rotatable bonds is 7. The summed E-state index contributed by atoms with van der Waals surface area (Å²) in [6.45, 7) is 8.12. The Balaban J connectivity index is 2.86. The van der Waals surface area contributed by atoms with Gasteiger partial charge in [0.05, 0.1) is 17.7 Å². The fourth-order valence-electron chi connectivity index (χ4n) is 1.54. The van der Waals surface area contributed by atoms with Crippen molar-refractivity contribution in [3.8, 4) is 11.5 Å². The lowest BCUT2D eigenvalue weighted by Crippen LogP contribution is -2.05. The maximum absolute atomic E-state index is 5.82. The molecular formula is C14H22BrNO2. The molecule has 0 bridgehead atoms. The monoisotopic (exact) mass is 315 g/mol. The third kappa shape index (κ3) is 4.50. The first-order chi connectivity index (χ1) is 8.58. The standard InChI is InChI=1S/C14H22BrNO2/c1-4-17-13-8-11(9-16)7-12(15)14(13)18-6-5-10(2)3/h7-8,10H,4-6,9,16H2,1-3H3. The molecule has 0 atom stereocenters. The Morgan fingerprint density at radius 1 is 1.28 bits per heavy atom. The number of benzene rings is 1. The average Bonchev–Trinajstić information content (AvgIpc) is 2.32. The maximum atomic E-state index is 5.82. The van der Waals surface area contributed by atoms with Crippen LogP contribution in [0.2, 0.25) is 0 Å². The molecule has 1 aromatic rings. The molecule has 0 fully saturated rings. The third-order valence-corrected chi connectivity index (χ3v) is 3.14. The molecule has 3 nitrogen and oxygen atoms in total. The predicted octanol–water partition coefficient (Wildman–Crippen LogP) is 3.73. The number of hydrogen-bond acceptors (Lipinski definition) is 3. The maximum Gasteiger partial charge on any atom is 0.175 e. The zero-order valence-electron chi connectivity index (χ0n) is 11.3. The second-order valence-corrected chi connectivity index (χ2v) is 5.43. The van der Waals surface area contributed by atoms with Gasteiger partial charge in [-0.3, -0.25) is 0 Å². The Morgan fingerprint density at radius 3 is 2.56 bits per heavy atom. The highest BCUT2D eigenvalue weighted by Crippen LogP contribution is 2.37. The van der Waals surface area contributed by atoms with Gasteiger partial charge in [0.25, 0.3) is 0 Å². The summed E-state index contributed by atoms with van der Waals surface area (Å²) in [6.07, 6.45) is 1.02. The van der Waals surface area contributed by atoms with Crippen LogP contribution in [0.5, 0.6) is 11.5 Å². The first-order valence-corrected chi connectivity index (χ1v) is 7.15. The number of ether oxygens (including phenoxy) is 2. The fourth-order valence-corrected chi connectivity index (χ4v) is 2.14. The van der Waals surface area contributed by atoms with Crippen LogP contribution in [0.25, 0.3) is 0 Å². The Kier molecular flexibility index (Phi) is 6.50. The molecule has 0 aliphatic rings. The molecule has 4 heteroatoms. The van der Waals surface area contributed by atoms with Gasteiger partial charge in [0.1, 0.15) is 0 Å². The van der Waals surface area contributed by atoms with E-state index in [2.05, 4.69) is 29.8 Å². The Labute approximate surface area is 118 Å². The smallest absolute Gasteiger partial charge is 0.175 e. The highest BCUT2D eigenvalue weighted by atomic mass is 79.9. The summed E-state index contributed by atoms with van der Waals surface area (Å²) in [5.41, 5.74) is 6.69. The lowest BCUT2D eigenvalue weighted by molar-refractivity contribution is 0.260. The van der Waals surface area contributed by atoms with E-state index in [1.165, 1.54) is 0 Å². The number of nitrogens with two attached hydrogens (primary N) is 1. The molecule has 18 heavy (non-hydrogen) atoms. The zero-order chi connectivity index (χ0) is 13.5. The molecule has 0 aromatic heterocycles. The lowest BCUT2D eigenvalue weighted by atomic mass is 10.1. The Hall–Kier alpha value is -0.740. The van der Waals surface area contributed by atoms with Crippen molar-refractivity contribution in [2.75, 3.05) is 13.2 Å². The number of hydrogen-bond donors (Lipinski definition) is 1. The van der Waals surface area contributed by atoms with Crippen LogP contribution in [-0.4, -0.2) is 13.2 Å². The Morgan fingerprint density at radius 2 is 2.00 bits per heavy atom. The molecule has 0 radical (unpaired) electrons. The van der Waals surface area contributed by atoms with Gasteiger partial charge in [-0.1, -0.05) is 13.8 Å². The van der Waals surface area contributed by atoms with Crippen molar-refractivity contribution < 1.29 is 9.47 Å². The van der Waals surface area contributed by atoms with E-state index >= 15 is 0 Å². The van der Waals surface area contributed by atoms with Gasteiger partial charge in [0, 0.05) is 6.54 Å². The molecular weight excluding hydrogens is 294 g/mol. The summed E-state index contributed by atoms with van der Waals surface area (Å²) < 4.78 is 12.3. The average molecular weight is 316 g/mol. The fraction of sp³-hybridized carbons (Fsp3) is 0.571. The molecule has 1 aromatic carbocycles. The normalized spacial score (nSPS) is 10.8. The van der Waals surface area contributed by atoms with Gasteiger partial charge in [-0.2, -0.15) is 0 Å². The van der Waals surface area contributed by atoms with Crippen molar-refractivity contribution in [2.45, 2.75) is 33.7 Å². The molecule has 0 heterocycles. The molecule has 0 unspecified atom stereocenters. The highest BCUT2D eigenvalue weighted by molar-refractivity contribution is 9.10. The van der Waals surface area contributed by atoms with Crippen LogP contribution in [0.4, 0.5) is 0 Å². The summed E-state index contributed by atoms with van der Waals surface area (Å²) in [5, 5.41) is 0.